The molecule has 1 aromatic carbocycles. The lowest BCUT2D eigenvalue weighted by Gasteiger charge is -2.36. The van der Waals surface area contributed by atoms with Crippen LogP contribution >= 0.6 is 11.3 Å². The fourth-order valence-corrected chi connectivity index (χ4v) is 5.57. The Hall–Kier alpha value is -1.76. The number of benzene rings is 1. The molecule has 0 unspecified atom stereocenters. The third-order valence-corrected chi connectivity index (χ3v) is 6.57. The molecule has 2 heterocycles. The standard InChI is InChI=1S/C21H25FN2O2S/c1-14(25)23-21-19(17-7-2-3-8-18(17)27-21)20(24-9-11-26-12-10-24)15-5-4-6-16(22)13-15/h4-6,13,20H,2-3,7-12H2,1H3,(H,23,25)/t20-/m0/s1. The number of aryl methyl sites for hydroxylation is 1. The number of thiophene rings is 1. The lowest BCUT2D eigenvalue weighted by molar-refractivity contribution is -0.114. The van der Waals surface area contributed by atoms with Crippen molar-refractivity contribution in [2.45, 2.75) is 38.6 Å². The monoisotopic (exact) mass is 388 g/mol. The fourth-order valence-electron chi connectivity index (χ4n) is 4.20. The average Bonchev–Trinajstić information content (AvgIpc) is 3.00. The highest BCUT2D eigenvalue weighted by molar-refractivity contribution is 7.16. The number of nitrogens with zero attached hydrogens (tertiary/aromatic N) is 1. The number of nitrogens with one attached hydrogen (secondary N) is 1. The molecule has 0 saturated carbocycles. The van der Waals surface area contributed by atoms with Crippen LogP contribution in [0.15, 0.2) is 24.3 Å². The van der Waals surface area contributed by atoms with Crippen molar-refractivity contribution >= 4 is 22.2 Å². The number of hydrogen-bond acceptors (Lipinski definition) is 4. The minimum Gasteiger partial charge on any atom is -0.379 e. The number of carbonyl (C=O) groups is 1. The number of ether oxygens (including phenoxy) is 1. The fraction of sp³-hybridized carbons (Fsp3) is 0.476. The first-order valence-corrected chi connectivity index (χ1v) is 10.4. The van der Waals surface area contributed by atoms with Crippen molar-refractivity contribution < 1.29 is 13.9 Å². The Morgan fingerprint density at radius 1 is 1.26 bits per heavy atom. The molecular formula is C21H25FN2O2S. The molecule has 4 rings (SSSR count). The number of morpholine rings is 1. The van der Waals surface area contributed by atoms with Gasteiger partial charge in [-0.1, -0.05) is 12.1 Å². The summed E-state index contributed by atoms with van der Waals surface area (Å²) in [5, 5.41) is 3.99. The molecule has 0 spiro atoms. The normalized spacial score (nSPS) is 18.7. The summed E-state index contributed by atoms with van der Waals surface area (Å²) >= 11 is 1.70. The minimum atomic E-state index is -0.226. The third kappa shape index (κ3) is 3.93. The van der Waals surface area contributed by atoms with Gasteiger partial charge in [0.05, 0.1) is 19.3 Å². The summed E-state index contributed by atoms with van der Waals surface area (Å²) in [4.78, 5) is 15.6. The highest BCUT2D eigenvalue weighted by Crippen LogP contribution is 2.45. The molecule has 1 saturated heterocycles. The van der Waals surface area contributed by atoms with Gasteiger partial charge in [0.2, 0.25) is 5.91 Å². The van der Waals surface area contributed by atoms with Gasteiger partial charge in [0.25, 0.3) is 0 Å². The SMILES string of the molecule is CC(=O)Nc1sc2c(c1[C@H](c1cccc(F)c1)N1CCOCC1)CCCC2. The van der Waals surface area contributed by atoms with Crippen molar-refractivity contribution in [3.05, 3.63) is 51.7 Å². The Labute approximate surface area is 163 Å². The van der Waals surface area contributed by atoms with Gasteiger partial charge in [0, 0.05) is 30.5 Å². The van der Waals surface area contributed by atoms with Crippen molar-refractivity contribution in [2.75, 3.05) is 31.6 Å². The first-order valence-electron chi connectivity index (χ1n) is 9.63. The highest BCUT2D eigenvalue weighted by atomic mass is 32.1. The van der Waals surface area contributed by atoms with Crippen LogP contribution in [0.1, 0.15) is 47.4 Å². The summed E-state index contributed by atoms with van der Waals surface area (Å²) in [6.07, 6.45) is 4.44. The molecule has 6 heteroatoms. The predicted molar refractivity (Wildman–Crippen MR) is 106 cm³/mol. The Morgan fingerprint density at radius 3 is 2.78 bits per heavy atom. The summed E-state index contributed by atoms with van der Waals surface area (Å²) in [6, 6.07) is 6.81. The molecule has 144 valence electrons. The van der Waals surface area contributed by atoms with E-state index in [1.165, 1.54) is 22.9 Å². The van der Waals surface area contributed by atoms with Crippen LogP contribution in [0.25, 0.3) is 0 Å². The van der Waals surface area contributed by atoms with Crippen LogP contribution in [0.5, 0.6) is 0 Å². The number of carbonyl (C=O) groups excluding carboxylic acids is 1. The molecule has 1 amide bonds. The molecular weight excluding hydrogens is 363 g/mol. The molecule has 1 atom stereocenters. The third-order valence-electron chi connectivity index (χ3n) is 5.35. The lowest BCUT2D eigenvalue weighted by atomic mass is 9.88. The quantitative estimate of drug-likeness (QED) is 0.856. The minimum absolute atomic E-state index is 0.0604. The first-order chi connectivity index (χ1) is 13.1. The van der Waals surface area contributed by atoms with E-state index in [-0.39, 0.29) is 17.8 Å². The summed E-state index contributed by atoms with van der Waals surface area (Å²) in [6.45, 7) is 4.49. The van der Waals surface area contributed by atoms with Crippen LogP contribution in [-0.2, 0) is 22.4 Å². The number of halogens is 1. The second-order valence-corrected chi connectivity index (χ2v) is 8.35. The second kappa shape index (κ2) is 8.09. The number of anilines is 1. The zero-order valence-corrected chi connectivity index (χ0v) is 16.4. The van der Waals surface area contributed by atoms with Crippen molar-refractivity contribution in [3.63, 3.8) is 0 Å². The van der Waals surface area contributed by atoms with Gasteiger partial charge in [-0.15, -0.1) is 11.3 Å². The van der Waals surface area contributed by atoms with Gasteiger partial charge in [0.15, 0.2) is 0 Å². The predicted octanol–water partition coefficient (Wildman–Crippen LogP) is 4.15. The lowest BCUT2D eigenvalue weighted by Crippen LogP contribution is -2.40. The van der Waals surface area contributed by atoms with E-state index in [0.29, 0.717) is 13.2 Å². The van der Waals surface area contributed by atoms with Gasteiger partial charge in [0.1, 0.15) is 10.8 Å². The van der Waals surface area contributed by atoms with Crippen LogP contribution in [0, 0.1) is 5.82 Å². The van der Waals surface area contributed by atoms with Crippen LogP contribution < -0.4 is 5.32 Å². The van der Waals surface area contributed by atoms with E-state index >= 15 is 0 Å². The maximum atomic E-state index is 14.1. The molecule has 1 fully saturated rings. The maximum Gasteiger partial charge on any atom is 0.221 e. The van der Waals surface area contributed by atoms with E-state index in [2.05, 4.69) is 10.2 Å². The van der Waals surface area contributed by atoms with Gasteiger partial charge >= 0.3 is 0 Å². The van der Waals surface area contributed by atoms with E-state index < -0.39 is 0 Å². The molecule has 4 nitrogen and oxygen atoms in total. The van der Waals surface area contributed by atoms with E-state index in [0.717, 1.165) is 48.5 Å². The maximum absolute atomic E-state index is 14.1. The van der Waals surface area contributed by atoms with Gasteiger partial charge in [-0.05, 0) is 48.9 Å². The van der Waals surface area contributed by atoms with E-state index in [1.54, 1.807) is 30.4 Å². The zero-order valence-electron chi connectivity index (χ0n) is 15.6. The molecule has 0 radical (unpaired) electrons. The Balaban J connectivity index is 1.86. The smallest absolute Gasteiger partial charge is 0.221 e. The second-order valence-electron chi connectivity index (χ2n) is 7.24. The molecule has 1 aromatic heterocycles. The number of fused-ring (bicyclic) bond motifs is 1. The van der Waals surface area contributed by atoms with Crippen LogP contribution in [0.4, 0.5) is 9.39 Å². The summed E-state index contributed by atoms with van der Waals surface area (Å²) in [7, 11) is 0. The molecule has 27 heavy (non-hydrogen) atoms. The zero-order chi connectivity index (χ0) is 18.8. The largest absolute Gasteiger partial charge is 0.379 e. The van der Waals surface area contributed by atoms with Crippen LogP contribution in [-0.4, -0.2) is 37.1 Å². The number of hydrogen-bond donors (Lipinski definition) is 1. The summed E-state index contributed by atoms with van der Waals surface area (Å²) in [5.41, 5.74) is 3.46. The first kappa shape index (κ1) is 18.6. The van der Waals surface area contributed by atoms with Crippen LogP contribution in [0.2, 0.25) is 0 Å². The van der Waals surface area contributed by atoms with E-state index in [1.807, 2.05) is 6.07 Å². The molecule has 2 aliphatic rings. The molecule has 1 aliphatic heterocycles. The van der Waals surface area contributed by atoms with Crippen molar-refractivity contribution in [2.24, 2.45) is 0 Å². The van der Waals surface area contributed by atoms with Gasteiger partial charge in [-0.2, -0.15) is 0 Å². The Bertz CT molecular complexity index is 830. The topological polar surface area (TPSA) is 41.6 Å². The van der Waals surface area contributed by atoms with Crippen molar-refractivity contribution in [3.8, 4) is 0 Å². The van der Waals surface area contributed by atoms with E-state index in [4.69, 9.17) is 4.74 Å². The van der Waals surface area contributed by atoms with Gasteiger partial charge in [-0.25, -0.2) is 4.39 Å². The van der Waals surface area contributed by atoms with E-state index in [9.17, 15) is 9.18 Å². The molecule has 1 aliphatic carbocycles. The number of amides is 1. The molecule has 0 bridgehead atoms. The summed E-state index contributed by atoms with van der Waals surface area (Å²) in [5.74, 6) is -0.286. The Kier molecular flexibility index (Phi) is 5.57. The average molecular weight is 389 g/mol. The molecule has 1 N–H and O–H groups in total. The summed E-state index contributed by atoms with van der Waals surface area (Å²) < 4.78 is 19.6. The van der Waals surface area contributed by atoms with Crippen molar-refractivity contribution in [1.29, 1.82) is 0 Å². The Morgan fingerprint density at radius 2 is 2.04 bits per heavy atom. The van der Waals surface area contributed by atoms with Gasteiger partial charge in [-0.3, -0.25) is 9.69 Å². The molecule has 2 aromatic rings. The highest BCUT2D eigenvalue weighted by Gasteiger charge is 2.32. The van der Waals surface area contributed by atoms with Gasteiger partial charge < -0.3 is 10.1 Å². The van der Waals surface area contributed by atoms with Crippen molar-refractivity contribution in [1.82, 2.24) is 4.90 Å². The van der Waals surface area contributed by atoms with Crippen LogP contribution in [0.3, 0.4) is 0 Å². The number of rotatable bonds is 4.